The lowest BCUT2D eigenvalue weighted by atomic mass is 10.2. The van der Waals surface area contributed by atoms with Gasteiger partial charge in [0.2, 0.25) is 6.41 Å². The Balaban J connectivity index is 0. The molecule has 0 saturated carbocycles. The van der Waals surface area contributed by atoms with Crippen LogP contribution in [0.25, 0.3) is 0 Å². The number of methoxy groups -OCH3 is 1. The third-order valence-corrected chi connectivity index (χ3v) is 1.57. The van der Waals surface area contributed by atoms with Gasteiger partial charge in [-0.25, -0.2) is 0 Å². The van der Waals surface area contributed by atoms with Gasteiger partial charge in [0.15, 0.2) is 0 Å². The van der Waals surface area contributed by atoms with Crippen LogP contribution in [0.15, 0.2) is 24.3 Å². The van der Waals surface area contributed by atoms with Gasteiger partial charge in [0.05, 0.1) is 7.11 Å². The van der Waals surface area contributed by atoms with Crippen molar-refractivity contribution in [3.63, 3.8) is 0 Å². The molecule has 1 aromatic rings. The van der Waals surface area contributed by atoms with Crippen molar-refractivity contribution in [2.75, 3.05) is 7.11 Å². The number of hydrogen-bond acceptors (Lipinski definition) is 2. The minimum absolute atomic E-state index is 0.250. The van der Waals surface area contributed by atoms with Gasteiger partial charge in [0.1, 0.15) is 5.75 Å². The lowest BCUT2D eigenvalue weighted by Gasteiger charge is -1.99. The number of rotatable bonds is 2. The second-order valence-electron chi connectivity index (χ2n) is 4.07. The van der Waals surface area contributed by atoms with Crippen LogP contribution in [0, 0.1) is 5.92 Å². The molecule has 0 saturated heterocycles. The maximum Gasteiger partial charge on any atom is 0.204 e. The van der Waals surface area contributed by atoms with E-state index in [1.807, 2.05) is 12.1 Å². The molecule has 0 aromatic heterocycles. The van der Waals surface area contributed by atoms with Crippen molar-refractivity contribution in [3.8, 4) is 5.75 Å². The number of primary amides is 1. The molecule has 0 atom stereocenters. The van der Waals surface area contributed by atoms with Gasteiger partial charge < -0.3 is 10.5 Å². The molecule has 0 heterocycles. The van der Waals surface area contributed by atoms with Gasteiger partial charge >= 0.3 is 0 Å². The highest BCUT2D eigenvalue weighted by atomic mass is 16.5. The predicted molar refractivity (Wildman–Crippen MR) is 73.1 cm³/mol. The molecule has 0 aliphatic rings. The Hall–Kier alpha value is -1.51. The van der Waals surface area contributed by atoms with Crippen LogP contribution in [0.1, 0.15) is 33.3 Å². The molecule has 0 bridgehead atoms. The molecule has 3 nitrogen and oxygen atoms in total. The summed E-state index contributed by atoms with van der Waals surface area (Å²) in [6.45, 7) is 8.64. The summed E-state index contributed by atoms with van der Waals surface area (Å²) >= 11 is 0. The number of nitrogens with two attached hydrogens (primary N) is 1. The second kappa shape index (κ2) is 12.6. The van der Waals surface area contributed by atoms with Crippen molar-refractivity contribution in [2.45, 2.75) is 34.1 Å². The monoisotopic (exact) mass is 239 g/mol. The van der Waals surface area contributed by atoms with E-state index in [-0.39, 0.29) is 6.41 Å². The predicted octanol–water partition coefficient (Wildman–Crippen LogP) is 3.02. The fraction of sp³-hybridized carbons (Fsp3) is 0.500. The average molecular weight is 239 g/mol. The fourth-order valence-electron chi connectivity index (χ4n) is 0.861. The number of amides is 1. The molecule has 98 valence electrons. The summed E-state index contributed by atoms with van der Waals surface area (Å²) in [5.41, 5.74) is 5.51. The summed E-state index contributed by atoms with van der Waals surface area (Å²) in [7, 11) is 1.68. The molecule has 1 amide bonds. The highest BCUT2D eigenvalue weighted by Crippen LogP contribution is 2.10. The molecule has 2 N–H and O–H groups in total. The minimum Gasteiger partial charge on any atom is -0.497 e. The number of carbonyl (C=O) groups excluding carboxylic acids is 1. The van der Waals surface area contributed by atoms with E-state index in [2.05, 4.69) is 45.6 Å². The van der Waals surface area contributed by atoms with E-state index in [0.717, 1.165) is 18.1 Å². The fourth-order valence-corrected chi connectivity index (χ4v) is 0.861. The van der Waals surface area contributed by atoms with Gasteiger partial charge in [-0.05, 0) is 30.0 Å². The summed E-state index contributed by atoms with van der Waals surface area (Å²) < 4.78 is 5.01. The first-order valence-corrected chi connectivity index (χ1v) is 5.80. The van der Waals surface area contributed by atoms with Gasteiger partial charge in [-0.3, -0.25) is 4.79 Å². The SMILES string of the molecule is CC(C)C.CCc1ccc(OC)cc1.NC=O. The van der Waals surface area contributed by atoms with E-state index in [1.165, 1.54) is 5.56 Å². The molecule has 0 radical (unpaired) electrons. The molecule has 0 aliphatic carbocycles. The zero-order valence-corrected chi connectivity index (χ0v) is 11.6. The van der Waals surface area contributed by atoms with Gasteiger partial charge in [-0.2, -0.15) is 0 Å². The normalized spacial score (nSPS) is 8.35. The molecule has 0 aliphatic heterocycles. The van der Waals surface area contributed by atoms with Crippen molar-refractivity contribution in [2.24, 2.45) is 11.7 Å². The molecule has 3 heteroatoms. The number of hydrogen-bond donors (Lipinski definition) is 1. The van der Waals surface area contributed by atoms with Crippen molar-refractivity contribution in [1.29, 1.82) is 0 Å². The summed E-state index contributed by atoms with van der Waals surface area (Å²) in [6.07, 6.45) is 1.34. The van der Waals surface area contributed by atoms with Crippen molar-refractivity contribution < 1.29 is 9.53 Å². The lowest BCUT2D eigenvalue weighted by molar-refractivity contribution is -0.106. The first kappa shape index (κ1) is 17.9. The van der Waals surface area contributed by atoms with Crippen molar-refractivity contribution in [3.05, 3.63) is 29.8 Å². The van der Waals surface area contributed by atoms with Crippen LogP contribution in [0.2, 0.25) is 0 Å². The van der Waals surface area contributed by atoms with Crippen LogP contribution in [-0.4, -0.2) is 13.5 Å². The largest absolute Gasteiger partial charge is 0.497 e. The maximum absolute atomic E-state index is 8.58. The summed E-state index contributed by atoms with van der Waals surface area (Å²) in [5.74, 6) is 1.76. The first-order chi connectivity index (χ1) is 8.01. The smallest absolute Gasteiger partial charge is 0.204 e. The molecule has 0 fully saturated rings. The molecule has 1 rings (SSSR count). The van der Waals surface area contributed by atoms with E-state index >= 15 is 0 Å². The number of carbonyl (C=O) groups is 1. The average Bonchev–Trinajstić information content (AvgIpc) is 2.29. The van der Waals surface area contributed by atoms with Gasteiger partial charge in [0.25, 0.3) is 0 Å². The first-order valence-electron chi connectivity index (χ1n) is 5.80. The number of aryl methyl sites for hydroxylation is 1. The second-order valence-corrected chi connectivity index (χ2v) is 4.07. The quantitative estimate of drug-likeness (QED) is 0.806. The topological polar surface area (TPSA) is 52.3 Å². The Labute approximate surface area is 105 Å². The Morgan fingerprint density at radius 1 is 1.24 bits per heavy atom. The van der Waals surface area contributed by atoms with Crippen LogP contribution in [0.4, 0.5) is 0 Å². The van der Waals surface area contributed by atoms with Gasteiger partial charge in [-0.1, -0.05) is 39.8 Å². The van der Waals surface area contributed by atoms with E-state index < -0.39 is 0 Å². The number of benzene rings is 1. The third-order valence-electron chi connectivity index (χ3n) is 1.57. The van der Waals surface area contributed by atoms with Crippen LogP contribution in [0.5, 0.6) is 5.75 Å². The van der Waals surface area contributed by atoms with Crippen molar-refractivity contribution in [1.82, 2.24) is 0 Å². The third kappa shape index (κ3) is 14.5. The van der Waals surface area contributed by atoms with Crippen LogP contribution < -0.4 is 10.5 Å². The highest BCUT2D eigenvalue weighted by Gasteiger charge is 1.89. The molecule has 0 spiro atoms. The summed E-state index contributed by atoms with van der Waals surface area (Å²) in [5, 5.41) is 0. The van der Waals surface area contributed by atoms with E-state index in [9.17, 15) is 0 Å². The Morgan fingerprint density at radius 2 is 1.59 bits per heavy atom. The van der Waals surface area contributed by atoms with E-state index in [0.29, 0.717) is 0 Å². The Morgan fingerprint density at radius 3 is 1.82 bits per heavy atom. The standard InChI is InChI=1S/C9H12O.C4H10.CH3NO/c1-3-8-4-6-9(10-2)7-5-8;1-4(2)3;2-1-3/h4-7H,3H2,1-2H3;4H,1-3H3;1H,(H2,2,3). The molecule has 0 unspecified atom stereocenters. The maximum atomic E-state index is 8.58. The van der Waals surface area contributed by atoms with E-state index in [1.54, 1.807) is 7.11 Å². The van der Waals surface area contributed by atoms with Gasteiger partial charge in [-0.15, -0.1) is 0 Å². The van der Waals surface area contributed by atoms with Crippen LogP contribution in [0.3, 0.4) is 0 Å². The van der Waals surface area contributed by atoms with Crippen LogP contribution in [-0.2, 0) is 11.2 Å². The zero-order chi connectivity index (χ0) is 13.7. The van der Waals surface area contributed by atoms with Gasteiger partial charge in [0, 0.05) is 0 Å². The van der Waals surface area contributed by atoms with Crippen LogP contribution >= 0.6 is 0 Å². The Bertz CT molecular complexity index is 242. The molecule has 1 aromatic carbocycles. The molecular formula is C14H25NO2. The number of ether oxygens (including phenoxy) is 1. The Kier molecular flexibility index (Phi) is 13.2. The summed E-state index contributed by atoms with van der Waals surface area (Å²) in [6, 6.07) is 8.13. The highest BCUT2D eigenvalue weighted by molar-refractivity contribution is 5.42. The van der Waals surface area contributed by atoms with E-state index in [4.69, 9.17) is 9.53 Å². The van der Waals surface area contributed by atoms with Crippen molar-refractivity contribution >= 4 is 6.41 Å². The molecular weight excluding hydrogens is 214 g/mol. The lowest BCUT2D eigenvalue weighted by Crippen LogP contribution is -1.83. The molecule has 17 heavy (non-hydrogen) atoms. The minimum atomic E-state index is 0.250. The summed E-state index contributed by atoms with van der Waals surface area (Å²) in [4.78, 5) is 8.58. The zero-order valence-electron chi connectivity index (χ0n) is 11.6.